The van der Waals surface area contributed by atoms with Gasteiger partial charge >= 0.3 is 6.18 Å². The van der Waals surface area contributed by atoms with Gasteiger partial charge in [-0.25, -0.2) is 0 Å². The van der Waals surface area contributed by atoms with E-state index in [1.54, 1.807) is 28.0 Å². The van der Waals surface area contributed by atoms with Gasteiger partial charge in [0, 0.05) is 32.4 Å². The first kappa shape index (κ1) is 20.9. The van der Waals surface area contributed by atoms with Crippen molar-refractivity contribution in [2.24, 2.45) is 5.73 Å². The highest BCUT2D eigenvalue weighted by Gasteiger charge is 2.39. The fourth-order valence-electron chi connectivity index (χ4n) is 3.59. The van der Waals surface area contributed by atoms with Crippen LogP contribution < -0.4 is 5.73 Å². The van der Waals surface area contributed by atoms with Gasteiger partial charge in [0.1, 0.15) is 12.0 Å². The molecule has 0 radical (unpaired) electrons. The summed E-state index contributed by atoms with van der Waals surface area (Å²) < 4.78 is 40.5. The summed E-state index contributed by atoms with van der Waals surface area (Å²) >= 11 is 0. The van der Waals surface area contributed by atoms with E-state index in [0.29, 0.717) is 25.1 Å². The van der Waals surface area contributed by atoms with E-state index in [1.807, 2.05) is 0 Å². The molecule has 2 atom stereocenters. The molecule has 2 aromatic rings. The Bertz CT molecular complexity index is 852. The monoisotopic (exact) mass is 406 g/mol. The molecule has 154 valence electrons. The fourth-order valence-corrected chi connectivity index (χ4v) is 3.59. The maximum absolute atomic E-state index is 13.5. The number of benzene rings is 1. The normalized spacial score (nSPS) is 17.6. The maximum Gasteiger partial charge on any atom is 0.416 e. The first-order valence-corrected chi connectivity index (χ1v) is 9.14. The third-order valence-electron chi connectivity index (χ3n) is 4.99. The molecule has 2 heterocycles. The Morgan fingerprint density at radius 1 is 1.07 bits per heavy atom. The smallest absolute Gasteiger partial charge is 0.335 e. The Morgan fingerprint density at radius 3 is 2.31 bits per heavy atom. The van der Waals surface area contributed by atoms with Crippen LogP contribution in [0.2, 0.25) is 0 Å². The van der Waals surface area contributed by atoms with Crippen molar-refractivity contribution in [2.75, 3.05) is 26.2 Å². The topological polar surface area (TPSA) is 79.5 Å². The number of carbonyl (C=O) groups excluding carboxylic acids is 2. The highest BCUT2D eigenvalue weighted by Crippen LogP contribution is 2.37. The molecule has 0 bridgehead atoms. The summed E-state index contributed by atoms with van der Waals surface area (Å²) in [5, 5.41) is 0. The number of hydrogen-bond acceptors (Lipinski definition) is 5. The van der Waals surface area contributed by atoms with E-state index in [2.05, 4.69) is 4.98 Å². The van der Waals surface area contributed by atoms with Gasteiger partial charge in [-0.15, -0.1) is 0 Å². The minimum atomic E-state index is -4.56. The number of rotatable bonds is 5. The first-order valence-electron chi connectivity index (χ1n) is 9.14. The van der Waals surface area contributed by atoms with Gasteiger partial charge in [-0.05, 0) is 23.8 Å². The predicted octanol–water partition coefficient (Wildman–Crippen LogP) is 2.13. The summed E-state index contributed by atoms with van der Waals surface area (Å²) in [4.78, 5) is 31.3. The van der Waals surface area contributed by atoms with Crippen LogP contribution in [0, 0.1) is 0 Å². The summed E-state index contributed by atoms with van der Waals surface area (Å²) in [7, 11) is 0. The second-order valence-electron chi connectivity index (χ2n) is 6.79. The van der Waals surface area contributed by atoms with Crippen LogP contribution in [0.3, 0.4) is 0 Å². The standard InChI is InChI=1S/C20H21F3N4O2/c21-20(22,23)15-6-2-1-5-14(15)18(16(24)13-28)26-9-11-27(12-10-26)19(29)17-7-3-4-8-25-17/h1-8,13,16,18H,9-12,24H2. The molecule has 2 N–H and O–H groups in total. The molecule has 6 nitrogen and oxygen atoms in total. The quantitative estimate of drug-likeness (QED) is 0.770. The molecular formula is C20H21F3N4O2. The number of hydrogen-bond donors (Lipinski definition) is 1. The summed E-state index contributed by atoms with van der Waals surface area (Å²) in [5.74, 6) is -0.239. The number of aldehydes is 1. The lowest BCUT2D eigenvalue weighted by Gasteiger charge is -2.41. The number of halogens is 3. The molecule has 1 aromatic heterocycles. The van der Waals surface area contributed by atoms with Crippen LogP contribution in [0.5, 0.6) is 0 Å². The first-order chi connectivity index (χ1) is 13.8. The Labute approximate surface area is 166 Å². The number of nitrogens with zero attached hydrogens (tertiary/aromatic N) is 3. The highest BCUT2D eigenvalue weighted by molar-refractivity contribution is 5.92. The van der Waals surface area contributed by atoms with Crippen molar-refractivity contribution in [1.82, 2.24) is 14.8 Å². The summed E-state index contributed by atoms with van der Waals surface area (Å²) in [6, 6.07) is 8.11. The number of alkyl halides is 3. The minimum Gasteiger partial charge on any atom is -0.335 e. The number of nitrogens with two attached hydrogens (primary N) is 1. The van der Waals surface area contributed by atoms with Crippen molar-refractivity contribution in [2.45, 2.75) is 18.3 Å². The molecule has 0 aliphatic carbocycles. The minimum absolute atomic E-state index is 0.0379. The summed E-state index contributed by atoms with van der Waals surface area (Å²) in [6.07, 6.45) is -2.58. The van der Waals surface area contributed by atoms with E-state index in [1.165, 1.54) is 24.4 Å². The van der Waals surface area contributed by atoms with Crippen LogP contribution in [0.25, 0.3) is 0 Å². The lowest BCUT2D eigenvalue weighted by Crippen LogP contribution is -2.53. The lowest BCUT2D eigenvalue weighted by molar-refractivity contribution is -0.139. The molecule has 0 saturated carbocycles. The second-order valence-corrected chi connectivity index (χ2v) is 6.79. The van der Waals surface area contributed by atoms with Crippen molar-refractivity contribution in [3.8, 4) is 0 Å². The van der Waals surface area contributed by atoms with Crippen LogP contribution in [-0.2, 0) is 11.0 Å². The van der Waals surface area contributed by atoms with E-state index >= 15 is 0 Å². The van der Waals surface area contributed by atoms with Crippen LogP contribution >= 0.6 is 0 Å². The second kappa shape index (κ2) is 8.71. The van der Waals surface area contributed by atoms with Crippen molar-refractivity contribution in [1.29, 1.82) is 0 Å². The van der Waals surface area contributed by atoms with Crippen LogP contribution in [-0.4, -0.2) is 59.2 Å². The Morgan fingerprint density at radius 2 is 1.72 bits per heavy atom. The van der Waals surface area contributed by atoms with Crippen molar-refractivity contribution in [3.63, 3.8) is 0 Å². The maximum atomic E-state index is 13.5. The zero-order valence-electron chi connectivity index (χ0n) is 15.5. The van der Waals surface area contributed by atoms with Gasteiger partial charge in [-0.2, -0.15) is 13.2 Å². The van der Waals surface area contributed by atoms with Crippen molar-refractivity contribution >= 4 is 12.2 Å². The van der Waals surface area contributed by atoms with Crippen LogP contribution in [0.4, 0.5) is 13.2 Å². The lowest BCUT2D eigenvalue weighted by atomic mass is 9.93. The number of carbonyl (C=O) groups is 2. The van der Waals surface area contributed by atoms with E-state index < -0.39 is 23.8 Å². The predicted molar refractivity (Wildman–Crippen MR) is 99.9 cm³/mol. The average Bonchev–Trinajstić information content (AvgIpc) is 2.74. The Kier molecular flexibility index (Phi) is 6.29. The van der Waals surface area contributed by atoms with Gasteiger partial charge in [0.15, 0.2) is 0 Å². The van der Waals surface area contributed by atoms with Gasteiger partial charge in [0.2, 0.25) is 0 Å². The molecule has 1 fully saturated rings. The van der Waals surface area contributed by atoms with Gasteiger partial charge in [-0.1, -0.05) is 24.3 Å². The molecular weight excluding hydrogens is 385 g/mol. The molecule has 1 saturated heterocycles. The van der Waals surface area contributed by atoms with Gasteiger partial charge in [0.05, 0.1) is 17.6 Å². The third kappa shape index (κ3) is 4.63. The molecule has 0 spiro atoms. The molecule has 1 aliphatic rings. The van der Waals surface area contributed by atoms with E-state index in [4.69, 9.17) is 5.73 Å². The van der Waals surface area contributed by atoms with Gasteiger partial charge in [-0.3, -0.25) is 14.7 Å². The van der Waals surface area contributed by atoms with E-state index in [-0.39, 0.29) is 24.6 Å². The van der Waals surface area contributed by atoms with Crippen LogP contribution in [0.1, 0.15) is 27.7 Å². The van der Waals surface area contributed by atoms with Crippen molar-refractivity contribution in [3.05, 3.63) is 65.5 Å². The zero-order valence-corrected chi connectivity index (χ0v) is 15.5. The number of aromatic nitrogens is 1. The van der Waals surface area contributed by atoms with E-state index in [9.17, 15) is 22.8 Å². The molecule has 2 unspecified atom stereocenters. The zero-order chi connectivity index (χ0) is 21.0. The Hall–Kier alpha value is -2.78. The summed E-state index contributed by atoms with van der Waals surface area (Å²) in [6.45, 7) is 1.17. The van der Waals surface area contributed by atoms with Crippen molar-refractivity contribution < 1.29 is 22.8 Å². The number of amides is 1. The van der Waals surface area contributed by atoms with Crippen LogP contribution in [0.15, 0.2) is 48.7 Å². The Balaban J connectivity index is 1.81. The molecule has 9 heteroatoms. The molecule has 1 aromatic carbocycles. The highest BCUT2D eigenvalue weighted by atomic mass is 19.4. The largest absolute Gasteiger partial charge is 0.416 e. The third-order valence-corrected chi connectivity index (χ3v) is 4.99. The SMILES string of the molecule is NC(C=O)C(c1ccccc1C(F)(F)F)N1CCN(C(=O)c2ccccn2)CC1. The average molecular weight is 406 g/mol. The van der Waals surface area contributed by atoms with Gasteiger partial charge in [0.25, 0.3) is 5.91 Å². The molecule has 29 heavy (non-hydrogen) atoms. The number of pyridine rings is 1. The molecule has 1 amide bonds. The molecule has 3 rings (SSSR count). The number of piperazine rings is 1. The van der Waals surface area contributed by atoms with E-state index in [0.717, 1.165) is 6.07 Å². The summed E-state index contributed by atoms with van der Waals surface area (Å²) in [5.41, 5.74) is 5.37. The fraction of sp³-hybridized carbons (Fsp3) is 0.350. The molecule has 1 aliphatic heterocycles. The van der Waals surface area contributed by atoms with Gasteiger partial charge < -0.3 is 15.4 Å².